The van der Waals surface area contributed by atoms with Gasteiger partial charge in [-0.3, -0.25) is 24.0 Å². The maximum atomic E-state index is 14.1. The number of carbonyl (C=O) groups excluding carboxylic acids is 5. The Morgan fingerprint density at radius 1 is 0.849 bits per heavy atom. The number of carboxylic acids is 1. The summed E-state index contributed by atoms with van der Waals surface area (Å²) in [5.74, 6) is -4.29. The van der Waals surface area contributed by atoms with Crippen LogP contribution in [0.4, 0.5) is 0 Å². The summed E-state index contributed by atoms with van der Waals surface area (Å²) in [4.78, 5) is 95.4. The van der Waals surface area contributed by atoms with Crippen LogP contribution in [-0.2, 0) is 48.0 Å². The lowest BCUT2D eigenvalue weighted by atomic mass is 10.0. The highest BCUT2D eigenvalue weighted by Gasteiger charge is 2.40. The van der Waals surface area contributed by atoms with Crippen molar-refractivity contribution in [2.45, 2.75) is 88.6 Å². The van der Waals surface area contributed by atoms with Gasteiger partial charge in [-0.2, -0.15) is 12.6 Å². The van der Waals surface area contributed by atoms with Gasteiger partial charge in [0.2, 0.25) is 29.5 Å². The first-order valence-corrected chi connectivity index (χ1v) is 18.1. The number of hydrogen-bond donors (Lipinski definition) is 9. The number of amides is 5. The molecular formula is C35H48N10O7S. The quantitative estimate of drug-likeness (QED) is 0.0708. The molecule has 1 aliphatic heterocycles. The minimum absolute atomic E-state index is 0.0350. The Balaban J connectivity index is 1.56. The van der Waals surface area contributed by atoms with Gasteiger partial charge < -0.3 is 47.0 Å². The molecule has 0 saturated carbocycles. The van der Waals surface area contributed by atoms with E-state index in [2.05, 4.69) is 53.8 Å². The van der Waals surface area contributed by atoms with Gasteiger partial charge in [-0.1, -0.05) is 44.2 Å². The second kappa shape index (κ2) is 19.6. The predicted octanol–water partition coefficient (Wildman–Crippen LogP) is -0.521. The minimum Gasteiger partial charge on any atom is -0.480 e. The molecule has 1 aliphatic rings. The zero-order valence-corrected chi connectivity index (χ0v) is 30.6. The molecular weight excluding hydrogens is 705 g/mol. The Morgan fingerprint density at radius 3 is 1.96 bits per heavy atom. The van der Waals surface area contributed by atoms with E-state index in [9.17, 15) is 33.9 Å². The number of H-pyrrole nitrogens is 2. The standard InChI is InChI=1S/C35H48N10O7S/c1-20(2)11-28(35(51)52)44-32(48)26(13-22-15-37-18-39-22)41-31(47)25(12-21-7-4-3-5-8-21)42-33(49)29-9-6-10-45(29)34(50)27(14-23-16-38-19-40-23)43-30(46)24(36)17-53/h3-5,7-8,15-16,18-20,24-29,53H,6,9-14,17,36H2,1-2H3,(H,37,39)(H,38,40)(H,41,47)(H,42,49)(H,43,46)(H,44,48)(H,51,52)/t24-,25-,26-,27-,28-,29-/m0/s1. The highest BCUT2D eigenvalue weighted by molar-refractivity contribution is 7.80. The summed E-state index contributed by atoms with van der Waals surface area (Å²) in [5.41, 5.74) is 7.67. The van der Waals surface area contributed by atoms with E-state index < -0.39 is 71.8 Å². The maximum Gasteiger partial charge on any atom is 0.326 e. The Morgan fingerprint density at radius 2 is 1.42 bits per heavy atom. The molecule has 18 heteroatoms. The fraction of sp³-hybridized carbons (Fsp3) is 0.486. The van der Waals surface area contributed by atoms with E-state index >= 15 is 0 Å². The van der Waals surface area contributed by atoms with Crippen molar-refractivity contribution < 1.29 is 33.9 Å². The Kier molecular flexibility index (Phi) is 15.0. The molecule has 0 spiro atoms. The number of likely N-dealkylation sites (tertiary alicyclic amines) is 1. The number of carbonyl (C=O) groups is 6. The van der Waals surface area contributed by atoms with Crippen molar-refractivity contribution in [3.05, 3.63) is 72.3 Å². The second-order valence-corrected chi connectivity index (χ2v) is 13.8. The van der Waals surface area contributed by atoms with Gasteiger partial charge in [0, 0.05) is 55.3 Å². The van der Waals surface area contributed by atoms with Crippen molar-refractivity contribution in [2.75, 3.05) is 12.3 Å². The molecule has 53 heavy (non-hydrogen) atoms. The van der Waals surface area contributed by atoms with Gasteiger partial charge >= 0.3 is 5.97 Å². The van der Waals surface area contributed by atoms with Crippen LogP contribution in [0.15, 0.2) is 55.4 Å². The third kappa shape index (κ3) is 11.9. The van der Waals surface area contributed by atoms with Crippen LogP contribution in [0.2, 0.25) is 0 Å². The van der Waals surface area contributed by atoms with Crippen LogP contribution in [0.3, 0.4) is 0 Å². The normalized spacial score (nSPS) is 16.9. The lowest BCUT2D eigenvalue weighted by Crippen LogP contribution is -2.60. The Bertz CT molecular complexity index is 1670. The van der Waals surface area contributed by atoms with E-state index in [1.165, 1.54) is 29.9 Å². The fourth-order valence-corrected chi connectivity index (χ4v) is 6.24. The number of nitrogens with one attached hydrogen (secondary N) is 6. The van der Waals surface area contributed by atoms with Crippen LogP contribution >= 0.6 is 12.6 Å². The van der Waals surface area contributed by atoms with Gasteiger partial charge in [0.15, 0.2) is 0 Å². The molecule has 0 unspecified atom stereocenters. The molecule has 6 atom stereocenters. The second-order valence-electron chi connectivity index (χ2n) is 13.4. The van der Waals surface area contributed by atoms with E-state index in [4.69, 9.17) is 5.73 Å². The highest BCUT2D eigenvalue weighted by atomic mass is 32.1. The Hall–Kier alpha value is -5.23. The smallest absolute Gasteiger partial charge is 0.326 e. The number of imidazole rings is 2. The molecule has 3 heterocycles. The zero-order valence-electron chi connectivity index (χ0n) is 29.7. The molecule has 5 amide bonds. The van der Waals surface area contributed by atoms with Gasteiger partial charge in [-0.05, 0) is 30.7 Å². The summed E-state index contributed by atoms with van der Waals surface area (Å²) in [6, 6.07) is 2.33. The van der Waals surface area contributed by atoms with E-state index in [1.807, 2.05) is 19.9 Å². The molecule has 4 rings (SSSR count). The van der Waals surface area contributed by atoms with Crippen molar-refractivity contribution in [1.29, 1.82) is 0 Å². The molecule has 0 bridgehead atoms. The molecule has 9 N–H and O–H groups in total. The van der Waals surface area contributed by atoms with Crippen molar-refractivity contribution >= 4 is 48.1 Å². The molecule has 3 aromatic rings. The number of benzene rings is 1. The van der Waals surface area contributed by atoms with Gasteiger partial charge in [0.25, 0.3) is 0 Å². The summed E-state index contributed by atoms with van der Waals surface area (Å²) < 4.78 is 0. The van der Waals surface area contributed by atoms with Crippen molar-refractivity contribution in [2.24, 2.45) is 11.7 Å². The van der Waals surface area contributed by atoms with Gasteiger partial charge in [-0.25, -0.2) is 14.8 Å². The zero-order chi connectivity index (χ0) is 38.5. The lowest BCUT2D eigenvalue weighted by Gasteiger charge is -2.30. The summed E-state index contributed by atoms with van der Waals surface area (Å²) >= 11 is 4.08. The minimum atomic E-state index is -1.23. The average molecular weight is 753 g/mol. The first-order chi connectivity index (χ1) is 25.4. The molecule has 1 aromatic carbocycles. The van der Waals surface area contributed by atoms with Crippen LogP contribution in [0.25, 0.3) is 0 Å². The van der Waals surface area contributed by atoms with E-state index in [0.717, 1.165) is 0 Å². The SMILES string of the molecule is CC(C)C[C@H](NC(=O)[C@H](Cc1cnc[nH]1)NC(=O)[C@H](Cc1ccccc1)NC(=O)[C@@H]1CCCN1C(=O)[C@H](Cc1cnc[nH]1)NC(=O)[C@@H](N)CS)C(=O)O. The number of aliphatic carboxylic acids is 1. The topological polar surface area (TPSA) is 257 Å². The number of hydrogen-bond acceptors (Lipinski definition) is 10. The van der Waals surface area contributed by atoms with Crippen molar-refractivity contribution in [3.63, 3.8) is 0 Å². The molecule has 1 saturated heterocycles. The monoisotopic (exact) mass is 752 g/mol. The van der Waals surface area contributed by atoms with Crippen LogP contribution in [0.1, 0.15) is 50.1 Å². The molecule has 0 radical (unpaired) electrons. The molecule has 1 fully saturated rings. The van der Waals surface area contributed by atoms with Crippen LogP contribution < -0.4 is 27.0 Å². The summed E-state index contributed by atoms with van der Waals surface area (Å²) in [6.07, 6.45) is 6.90. The van der Waals surface area contributed by atoms with Crippen LogP contribution in [0, 0.1) is 5.92 Å². The third-order valence-electron chi connectivity index (χ3n) is 8.81. The number of aromatic amines is 2. The van der Waals surface area contributed by atoms with Crippen molar-refractivity contribution in [3.8, 4) is 0 Å². The summed E-state index contributed by atoms with van der Waals surface area (Å²) in [5, 5.41) is 20.5. The number of nitrogens with two attached hydrogens (primary N) is 1. The number of aromatic nitrogens is 4. The largest absolute Gasteiger partial charge is 0.480 e. The maximum absolute atomic E-state index is 14.1. The first-order valence-electron chi connectivity index (χ1n) is 17.5. The molecule has 0 aliphatic carbocycles. The summed E-state index contributed by atoms with van der Waals surface area (Å²) in [7, 11) is 0. The molecule has 2 aromatic heterocycles. The van der Waals surface area contributed by atoms with Crippen LogP contribution in [-0.4, -0.2) is 114 Å². The van der Waals surface area contributed by atoms with Crippen LogP contribution in [0.5, 0.6) is 0 Å². The predicted molar refractivity (Wildman–Crippen MR) is 196 cm³/mol. The highest BCUT2D eigenvalue weighted by Crippen LogP contribution is 2.20. The van der Waals surface area contributed by atoms with Gasteiger partial charge in [-0.15, -0.1) is 0 Å². The molecule has 17 nitrogen and oxygen atoms in total. The number of carboxylic acid groups (broad SMARTS) is 1. The fourth-order valence-electron chi connectivity index (χ4n) is 6.07. The van der Waals surface area contributed by atoms with Gasteiger partial charge in [0.05, 0.1) is 18.7 Å². The van der Waals surface area contributed by atoms with Gasteiger partial charge in [0.1, 0.15) is 30.2 Å². The third-order valence-corrected chi connectivity index (χ3v) is 9.21. The number of nitrogens with zero attached hydrogens (tertiary/aromatic N) is 3. The van der Waals surface area contributed by atoms with Crippen molar-refractivity contribution in [1.82, 2.24) is 46.1 Å². The average Bonchev–Trinajstić information content (AvgIpc) is 3.94. The molecule has 286 valence electrons. The van der Waals surface area contributed by atoms with E-state index in [0.29, 0.717) is 29.8 Å². The number of rotatable bonds is 19. The number of thiol groups is 1. The summed E-state index contributed by atoms with van der Waals surface area (Å²) in [6.45, 7) is 3.89. The lowest BCUT2D eigenvalue weighted by molar-refractivity contribution is -0.143. The first kappa shape index (κ1) is 40.5. The van der Waals surface area contributed by atoms with E-state index in [-0.39, 0.29) is 43.9 Å². The van der Waals surface area contributed by atoms with E-state index in [1.54, 1.807) is 24.3 Å². The Labute approximate surface area is 312 Å².